The molecular weight excluding hydrogens is 731 g/mol. The molecule has 11 heteroatoms. The average molecular weight is 780 g/mol. The summed E-state index contributed by atoms with van der Waals surface area (Å²) in [4.78, 5) is 46.8. The second-order valence-electron chi connectivity index (χ2n) is 17.7. The number of phenols is 1. The minimum absolute atomic E-state index is 0.0830. The smallest absolute Gasteiger partial charge is 0.255 e. The van der Waals surface area contributed by atoms with Gasteiger partial charge < -0.3 is 29.3 Å². The van der Waals surface area contributed by atoms with Gasteiger partial charge in [-0.25, -0.2) is 0 Å². The van der Waals surface area contributed by atoms with Crippen LogP contribution in [0.25, 0.3) is 0 Å². The molecule has 298 valence electrons. The van der Waals surface area contributed by atoms with Crippen molar-refractivity contribution in [2.45, 2.75) is 68.2 Å². The summed E-state index contributed by atoms with van der Waals surface area (Å²) >= 11 is 0. The molecule has 58 heavy (non-hydrogen) atoms. The van der Waals surface area contributed by atoms with Crippen LogP contribution in [0.1, 0.15) is 75.7 Å². The first-order valence-electron chi connectivity index (χ1n) is 21.1. The number of fused-ring (bicyclic) bond motifs is 6. The number of amides is 3. The summed E-state index contributed by atoms with van der Waals surface area (Å²) < 4.78 is 13.0. The van der Waals surface area contributed by atoms with E-state index in [4.69, 9.17) is 9.47 Å². The van der Waals surface area contributed by atoms with Crippen LogP contribution in [-0.4, -0.2) is 103 Å². The second kappa shape index (κ2) is 13.9. The van der Waals surface area contributed by atoms with Crippen molar-refractivity contribution in [3.8, 4) is 11.5 Å². The van der Waals surface area contributed by atoms with Crippen molar-refractivity contribution in [3.05, 3.63) is 118 Å². The highest BCUT2D eigenvalue weighted by atomic mass is 16.5. The number of nitrogens with zero attached hydrogens (tertiary/aromatic N) is 4. The molecule has 6 heterocycles. The van der Waals surface area contributed by atoms with Crippen LogP contribution in [0.4, 0.5) is 11.4 Å². The van der Waals surface area contributed by atoms with Crippen LogP contribution in [0.15, 0.2) is 84.9 Å². The number of ether oxygens (including phenoxy) is 2. The molecule has 1 spiro atoms. The zero-order valence-corrected chi connectivity index (χ0v) is 32.6. The van der Waals surface area contributed by atoms with E-state index < -0.39 is 11.9 Å². The number of imide groups is 1. The molecule has 11 nitrogen and oxygen atoms in total. The fraction of sp³-hybridized carbons (Fsp3) is 0.426. The maximum Gasteiger partial charge on any atom is 0.255 e. The van der Waals surface area contributed by atoms with Crippen molar-refractivity contribution in [2.24, 2.45) is 5.92 Å². The SMILES string of the molecule is O=C1CC[C@H](N2Cc3c(ccc4c3OC[C@H]3CN(CC5COC6(C5)CN(c5ccc([C@H]7c8ccc(O)cc8CC[C@H]7c7ccccc7)cc5)C6)CCN43)C2=O)C(=O)N1. The zero-order chi connectivity index (χ0) is 39.1. The van der Waals surface area contributed by atoms with Gasteiger partial charge in [0, 0.05) is 68.4 Å². The van der Waals surface area contributed by atoms with Gasteiger partial charge in [0.15, 0.2) is 0 Å². The van der Waals surface area contributed by atoms with E-state index in [-0.39, 0.29) is 35.8 Å². The van der Waals surface area contributed by atoms with E-state index in [9.17, 15) is 19.5 Å². The van der Waals surface area contributed by atoms with Gasteiger partial charge in [0.1, 0.15) is 29.7 Å². The Morgan fingerprint density at radius 3 is 2.52 bits per heavy atom. The number of nitrogens with one attached hydrogen (secondary N) is 1. The van der Waals surface area contributed by atoms with Gasteiger partial charge in [-0.05, 0) is 96.2 Å². The van der Waals surface area contributed by atoms with Crippen molar-refractivity contribution in [1.82, 2.24) is 15.1 Å². The molecule has 2 N–H and O–H groups in total. The molecule has 1 aliphatic carbocycles. The molecule has 0 radical (unpaired) electrons. The largest absolute Gasteiger partial charge is 0.508 e. The molecular formula is C47H49N5O6. The van der Waals surface area contributed by atoms with Crippen LogP contribution in [0.3, 0.4) is 0 Å². The third kappa shape index (κ3) is 6.04. The Labute approximate surface area is 338 Å². The van der Waals surface area contributed by atoms with Gasteiger partial charge in [0.05, 0.1) is 24.9 Å². The number of piperidine rings is 1. The summed E-state index contributed by atoms with van der Waals surface area (Å²) in [7, 11) is 0. The number of aryl methyl sites for hydroxylation is 1. The van der Waals surface area contributed by atoms with Crippen molar-refractivity contribution in [1.29, 1.82) is 0 Å². The predicted molar refractivity (Wildman–Crippen MR) is 218 cm³/mol. The third-order valence-corrected chi connectivity index (χ3v) is 14.1. The predicted octanol–water partition coefficient (Wildman–Crippen LogP) is 5.19. The van der Waals surface area contributed by atoms with E-state index in [1.807, 2.05) is 24.3 Å². The molecule has 4 aromatic rings. The lowest BCUT2D eigenvalue weighted by molar-refractivity contribution is -0.136. The van der Waals surface area contributed by atoms with Gasteiger partial charge >= 0.3 is 0 Å². The van der Waals surface area contributed by atoms with Gasteiger partial charge in [0.25, 0.3) is 5.91 Å². The Morgan fingerprint density at radius 1 is 0.845 bits per heavy atom. The van der Waals surface area contributed by atoms with Gasteiger partial charge in [-0.15, -0.1) is 0 Å². The lowest BCUT2D eigenvalue weighted by Crippen LogP contribution is -2.62. The number of anilines is 2. The summed E-state index contributed by atoms with van der Waals surface area (Å²) in [6.07, 6.45) is 3.67. The molecule has 1 unspecified atom stereocenters. The number of carbonyl (C=O) groups is 3. The zero-order valence-electron chi connectivity index (χ0n) is 32.6. The Hall–Kier alpha value is -5.39. The topological polar surface area (TPSA) is 115 Å². The van der Waals surface area contributed by atoms with Crippen LogP contribution >= 0.6 is 0 Å². The molecule has 4 saturated heterocycles. The molecule has 3 amide bonds. The highest BCUT2D eigenvalue weighted by molar-refractivity contribution is 6.06. The Balaban J connectivity index is 0.708. The number of phenolic OH excluding ortho intramolecular Hbond substituents is 1. The van der Waals surface area contributed by atoms with Crippen molar-refractivity contribution < 1.29 is 29.0 Å². The van der Waals surface area contributed by atoms with Gasteiger partial charge in [0.2, 0.25) is 11.8 Å². The minimum atomic E-state index is -0.640. The van der Waals surface area contributed by atoms with Crippen molar-refractivity contribution in [2.75, 3.05) is 62.3 Å². The number of hydrogen-bond donors (Lipinski definition) is 2. The fourth-order valence-electron chi connectivity index (χ4n) is 11.4. The quantitative estimate of drug-likeness (QED) is 0.255. The van der Waals surface area contributed by atoms with Crippen LogP contribution < -0.4 is 19.9 Å². The van der Waals surface area contributed by atoms with E-state index in [2.05, 4.69) is 80.7 Å². The Kier molecular flexibility index (Phi) is 8.55. The lowest BCUT2D eigenvalue weighted by atomic mass is 9.69. The molecule has 4 aromatic carbocycles. The van der Waals surface area contributed by atoms with Gasteiger partial charge in [-0.1, -0.05) is 48.5 Å². The molecule has 0 bridgehead atoms. The van der Waals surface area contributed by atoms with E-state index in [1.165, 1.54) is 27.9 Å². The Morgan fingerprint density at radius 2 is 1.69 bits per heavy atom. The monoisotopic (exact) mass is 779 g/mol. The number of rotatable bonds is 6. The number of piperazine rings is 1. The van der Waals surface area contributed by atoms with Crippen LogP contribution in [0, 0.1) is 5.92 Å². The summed E-state index contributed by atoms with van der Waals surface area (Å²) in [6.45, 7) is 7.24. The standard InChI is InChI=1S/C47H49N5O6/c53-35-11-13-37-32(20-35)8-12-36(30-4-2-1-3-5-30)43(37)31-6-9-33(10-7-31)50-27-47(28-50)21-29(25-58-47)22-49-18-19-51-34(23-49)26-57-44-39-24-52(41-16-17-42(54)48-45(41)55)46(56)38(39)14-15-40(44)51/h1-7,9-11,13-15,20,29,34,36,41,43,53H,8,12,16-19,21-28H2,(H,48,54,55)/t29?,34-,36+,41+,43-/m1/s1. The summed E-state index contributed by atoms with van der Waals surface area (Å²) in [5.41, 5.74) is 8.89. The van der Waals surface area contributed by atoms with Crippen molar-refractivity contribution in [3.63, 3.8) is 0 Å². The number of hydrogen-bond acceptors (Lipinski definition) is 9. The summed E-state index contributed by atoms with van der Waals surface area (Å²) in [6, 6.07) is 29.5. The maximum atomic E-state index is 13.4. The molecule has 4 fully saturated rings. The van der Waals surface area contributed by atoms with E-state index in [0.717, 1.165) is 82.1 Å². The van der Waals surface area contributed by atoms with Crippen LogP contribution in [0.2, 0.25) is 0 Å². The molecule has 0 aromatic heterocycles. The number of aromatic hydroxyl groups is 1. The van der Waals surface area contributed by atoms with Crippen LogP contribution in [-0.2, 0) is 27.3 Å². The summed E-state index contributed by atoms with van der Waals surface area (Å²) in [5, 5.41) is 12.6. The molecule has 0 saturated carbocycles. The van der Waals surface area contributed by atoms with Gasteiger partial charge in [-0.2, -0.15) is 0 Å². The third-order valence-electron chi connectivity index (χ3n) is 14.1. The Bertz CT molecular complexity index is 2290. The highest BCUT2D eigenvalue weighted by Gasteiger charge is 2.50. The number of benzene rings is 4. The second-order valence-corrected chi connectivity index (χ2v) is 17.7. The molecule has 6 aliphatic heterocycles. The minimum Gasteiger partial charge on any atom is -0.508 e. The lowest BCUT2D eigenvalue weighted by Gasteiger charge is -2.49. The molecule has 5 atom stereocenters. The number of carbonyl (C=O) groups excluding carboxylic acids is 3. The normalized spacial score (nSPS) is 27.3. The fourth-order valence-corrected chi connectivity index (χ4v) is 11.4. The van der Waals surface area contributed by atoms with E-state index in [0.29, 0.717) is 42.7 Å². The maximum absolute atomic E-state index is 13.4. The van der Waals surface area contributed by atoms with E-state index in [1.54, 1.807) is 4.90 Å². The molecule has 7 aliphatic rings. The average Bonchev–Trinajstić information content (AvgIpc) is 3.81. The van der Waals surface area contributed by atoms with E-state index >= 15 is 0 Å². The first-order valence-corrected chi connectivity index (χ1v) is 21.1. The molecule has 11 rings (SSSR count). The van der Waals surface area contributed by atoms with Crippen LogP contribution in [0.5, 0.6) is 11.5 Å². The van der Waals surface area contributed by atoms with Crippen molar-refractivity contribution >= 4 is 29.1 Å². The summed E-state index contributed by atoms with van der Waals surface area (Å²) in [5.74, 6) is 1.36. The van der Waals surface area contributed by atoms with Gasteiger partial charge in [-0.3, -0.25) is 24.6 Å². The first kappa shape index (κ1) is 35.7. The highest BCUT2D eigenvalue weighted by Crippen LogP contribution is 2.48. The first-order chi connectivity index (χ1) is 28.3.